The summed E-state index contributed by atoms with van der Waals surface area (Å²) in [4.78, 5) is 0. The van der Waals surface area contributed by atoms with Crippen molar-refractivity contribution in [1.82, 2.24) is 4.72 Å². The lowest BCUT2D eigenvalue weighted by molar-refractivity contribution is 0.529. The van der Waals surface area contributed by atoms with Crippen molar-refractivity contribution < 1.29 is 8.42 Å². The second-order valence-electron chi connectivity index (χ2n) is 4.00. The van der Waals surface area contributed by atoms with Crippen LogP contribution in [-0.4, -0.2) is 19.2 Å². The molecule has 0 radical (unpaired) electrons. The summed E-state index contributed by atoms with van der Waals surface area (Å²) in [6.45, 7) is 6.53. The lowest BCUT2D eigenvalue weighted by Gasteiger charge is -2.22. The molecule has 13 heavy (non-hydrogen) atoms. The van der Waals surface area contributed by atoms with Crippen LogP contribution in [0.3, 0.4) is 0 Å². The zero-order valence-corrected chi connectivity index (χ0v) is 9.27. The highest BCUT2D eigenvalue weighted by molar-refractivity contribution is 7.90. The van der Waals surface area contributed by atoms with Gasteiger partial charge in [-0.15, -0.1) is 0 Å². The Hall–Kier alpha value is -0.600. The third kappa shape index (κ3) is 3.75. The summed E-state index contributed by atoms with van der Waals surface area (Å²) in [5.41, 5.74) is 0. The number of nitriles is 1. The van der Waals surface area contributed by atoms with Crippen molar-refractivity contribution in [3.63, 3.8) is 0 Å². The molecule has 0 rings (SSSR count). The van der Waals surface area contributed by atoms with Gasteiger partial charge >= 0.3 is 0 Å². The van der Waals surface area contributed by atoms with Crippen LogP contribution in [0.1, 0.15) is 34.1 Å². The van der Waals surface area contributed by atoms with E-state index in [2.05, 4.69) is 4.72 Å². The quantitative estimate of drug-likeness (QED) is 0.745. The Morgan fingerprint density at radius 3 is 2.23 bits per heavy atom. The van der Waals surface area contributed by atoms with Gasteiger partial charge in [-0.3, -0.25) is 0 Å². The Bertz CT molecular complexity index is 295. The van der Waals surface area contributed by atoms with Crippen LogP contribution in [0.5, 0.6) is 0 Å². The molecule has 5 heteroatoms. The molecule has 76 valence electrons. The maximum atomic E-state index is 11.5. The van der Waals surface area contributed by atoms with Gasteiger partial charge in [0.2, 0.25) is 10.0 Å². The summed E-state index contributed by atoms with van der Waals surface area (Å²) in [5, 5.41) is 8.35. The molecule has 0 amide bonds. The molecule has 1 N–H and O–H groups in total. The van der Waals surface area contributed by atoms with Crippen LogP contribution in [0, 0.1) is 11.3 Å². The summed E-state index contributed by atoms with van der Waals surface area (Å²) < 4.78 is 24.7. The molecule has 0 aliphatic rings. The van der Waals surface area contributed by atoms with Crippen molar-refractivity contribution in [2.45, 2.75) is 44.9 Å². The lowest BCUT2D eigenvalue weighted by atomic mass is 10.3. The van der Waals surface area contributed by atoms with E-state index in [0.717, 1.165) is 0 Å². The number of nitrogens with zero attached hydrogens (tertiary/aromatic N) is 1. The minimum absolute atomic E-state index is 0.190. The van der Waals surface area contributed by atoms with E-state index in [9.17, 15) is 8.42 Å². The van der Waals surface area contributed by atoms with Gasteiger partial charge in [0.05, 0.1) is 17.2 Å². The van der Waals surface area contributed by atoms with Gasteiger partial charge in [-0.2, -0.15) is 5.26 Å². The van der Waals surface area contributed by atoms with Gasteiger partial charge in [-0.25, -0.2) is 13.1 Å². The molecule has 0 bridgehead atoms. The van der Waals surface area contributed by atoms with Crippen LogP contribution in [-0.2, 0) is 10.0 Å². The largest absolute Gasteiger partial charge is 0.216 e. The van der Waals surface area contributed by atoms with Gasteiger partial charge in [-0.05, 0) is 27.7 Å². The first-order valence-electron chi connectivity index (χ1n) is 4.09. The van der Waals surface area contributed by atoms with Crippen molar-refractivity contribution in [3.05, 3.63) is 0 Å². The van der Waals surface area contributed by atoms with Crippen LogP contribution in [0.25, 0.3) is 0 Å². The first-order chi connectivity index (χ1) is 5.70. The van der Waals surface area contributed by atoms with Crippen molar-refractivity contribution >= 4 is 10.0 Å². The van der Waals surface area contributed by atoms with E-state index in [4.69, 9.17) is 5.26 Å². The molecule has 0 saturated heterocycles. The van der Waals surface area contributed by atoms with Crippen LogP contribution >= 0.6 is 0 Å². The molecular weight excluding hydrogens is 188 g/mol. The normalized spacial score (nSPS) is 15.0. The molecule has 1 atom stereocenters. The summed E-state index contributed by atoms with van der Waals surface area (Å²) in [7, 11) is -3.32. The Morgan fingerprint density at radius 2 is 1.92 bits per heavy atom. The molecule has 4 nitrogen and oxygen atoms in total. The van der Waals surface area contributed by atoms with Gasteiger partial charge in [0.15, 0.2) is 0 Å². The fourth-order valence-electron chi connectivity index (χ4n) is 0.620. The average Bonchev–Trinajstić information content (AvgIpc) is 1.83. The standard InChI is InChI=1S/C8H16N2O2S/c1-7(5-6-9)10-13(11,12)8(2,3)4/h7,10H,5H2,1-4H3. The molecule has 0 aliphatic heterocycles. The number of hydrogen-bond donors (Lipinski definition) is 1. The Morgan fingerprint density at radius 1 is 1.46 bits per heavy atom. The maximum absolute atomic E-state index is 11.5. The number of sulfonamides is 1. The van der Waals surface area contributed by atoms with E-state index in [1.165, 1.54) is 0 Å². The maximum Gasteiger partial charge on any atom is 0.216 e. The smallest absolute Gasteiger partial charge is 0.212 e. The molecule has 0 heterocycles. The Kier molecular flexibility index (Phi) is 3.88. The third-order valence-corrected chi connectivity index (χ3v) is 3.89. The van der Waals surface area contributed by atoms with Crippen LogP contribution in [0.15, 0.2) is 0 Å². The highest BCUT2D eigenvalue weighted by atomic mass is 32.2. The zero-order valence-electron chi connectivity index (χ0n) is 8.46. The fraction of sp³-hybridized carbons (Fsp3) is 0.875. The van der Waals surface area contributed by atoms with Gasteiger partial charge in [0, 0.05) is 6.04 Å². The summed E-state index contributed by atoms with van der Waals surface area (Å²) in [5.74, 6) is 0. The topological polar surface area (TPSA) is 70.0 Å². The molecule has 0 aromatic heterocycles. The second-order valence-corrected chi connectivity index (χ2v) is 6.46. The van der Waals surface area contributed by atoms with Gasteiger partial charge < -0.3 is 0 Å². The van der Waals surface area contributed by atoms with Gasteiger partial charge in [-0.1, -0.05) is 0 Å². The van der Waals surface area contributed by atoms with E-state index in [-0.39, 0.29) is 12.5 Å². The zero-order chi connectivity index (χ0) is 10.7. The van der Waals surface area contributed by atoms with Crippen molar-refractivity contribution in [2.24, 2.45) is 0 Å². The molecule has 0 aromatic rings. The highest BCUT2D eigenvalue weighted by Gasteiger charge is 2.29. The first-order valence-corrected chi connectivity index (χ1v) is 5.58. The number of hydrogen-bond acceptors (Lipinski definition) is 3. The first kappa shape index (κ1) is 12.4. The minimum atomic E-state index is -3.32. The Labute approximate surface area is 80.0 Å². The molecule has 0 saturated carbocycles. The third-order valence-electron chi connectivity index (χ3n) is 1.56. The summed E-state index contributed by atoms with van der Waals surface area (Å²) in [6.07, 6.45) is 0.190. The van der Waals surface area contributed by atoms with E-state index >= 15 is 0 Å². The second kappa shape index (κ2) is 4.07. The molecule has 0 spiro atoms. The average molecular weight is 204 g/mol. The van der Waals surface area contributed by atoms with Crippen LogP contribution in [0.4, 0.5) is 0 Å². The SMILES string of the molecule is CC(CC#N)NS(=O)(=O)C(C)(C)C. The van der Waals surface area contributed by atoms with Crippen LogP contribution in [0.2, 0.25) is 0 Å². The lowest BCUT2D eigenvalue weighted by Crippen LogP contribution is -2.43. The molecule has 0 fully saturated rings. The van der Waals surface area contributed by atoms with E-state index in [1.807, 2.05) is 6.07 Å². The Balaban J connectivity index is 4.47. The van der Waals surface area contributed by atoms with E-state index in [1.54, 1.807) is 27.7 Å². The summed E-state index contributed by atoms with van der Waals surface area (Å²) in [6, 6.07) is 1.59. The summed E-state index contributed by atoms with van der Waals surface area (Å²) >= 11 is 0. The molecular formula is C8H16N2O2S. The van der Waals surface area contributed by atoms with Crippen molar-refractivity contribution in [2.75, 3.05) is 0 Å². The van der Waals surface area contributed by atoms with Crippen molar-refractivity contribution in [3.8, 4) is 6.07 Å². The highest BCUT2D eigenvalue weighted by Crippen LogP contribution is 2.13. The van der Waals surface area contributed by atoms with Crippen LogP contribution < -0.4 is 4.72 Å². The monoisotopic (exact) mass is 204 g/mol. The fourth-order valence-corrected chi connectivity index (χ4v) is 1.59. The predicted octanol–water partition coefficient (Wildman–Crippen LogP) is 1.01. The van der Waals surface area contributed by atoms with Gasteiger partial charge in [0.1, 0.15) is 0 Å². The van der Waals surface area contributed by atoms with E-state index in [0.29, 0.717) is 0 Å². The minimum Gasteiger partial charge on any atom is -0.212 e. The van der Waals surface area contributed by atoms with Crippen molar-refractivity contribution in [1.29, 1.82) is 5.26 Å². The van der Waals surface area contributed by atoms with Gasteiger partial charge in [0.25, 0.3) is 0 Å². The predicted molar refractivity (Wildman–Crippen MR) is 51.5 cm³/mol. The molecule has 0 aromatic carbocycles. The molecule has 0 aliphatic carbocycles. The molecule has 1 unspecified atom stereocenters. The van der Waals surface area contributed by atoms with E-state index < -0.39 is 14.8 Å². The number of rotatable bonds is 3. The number of nitrogens with one attached hydrogen (secondary N) is 1.